The first-order valence-electron chi connectivity index (χ1n) is 4.50. The van der Waals surface area contributed by atoms with Crippen molar-refractivity contribution in [2.45, 2.75) is 25.8 Å². The Morgan fingerprint density at radius 1 is 1.31 bits per heavy atom. The van der Waals surface area contributed by atoms with Gasteiger partial charge in [0.2, 0.25) is 0 Å². The van der Waals surface area contributed by atoms with E-state index in [1.807, 2.05) is 0 Å². The molecule has 0 aromatic rings. The van der Waals surface area contributed by atoms with Crippen molar-refractivity contribution >= 4 is 22.1 Å². The number of hydrogen-bond acceptors (Lipinski definition) is 4. The second-order valence-electron chi connectivity index (χ2n) is 3.00. The van der Waals surface area contributed by atoms with E-state index in [4.69, 9.17) is 10.2 Å². The molecular formula is C7H14N2O6S. The van der Waals surface area contributed by atoms with Crippen LogP contribution in [0.25, 0.3) is 0 Å². The fraction of sp³-hybridized carbons (Fsp3) is 0.714. The van der Waals surface area contributed by atoms with Crippen molar-refractivity contribution in [1.29, 1.82) is 0 Å². The maximum Gasteiger partial charge on any atom is 0.322 e. The van der Waals surface area contributed by atoms with E-state index in [1.54, 1.807) is 11.6 Å². The lowest BCUT2D eigenvalue weighted by Gasteiger charge is -2.12. The number of aliphatic carboxylic acids is 2. The number of carbonyl (C=O) groups is 2. The summed E-state index contributed by atoms with van der Waals surface area (Å²) in [7, 11) is -3.98. The Balaban J connectivity index is 4.50. The molecule has 4 N–H and O–H groups in total. The van der Waals surface area contributed by atoms with Crippen LogP contribution in [0, 0.1) is 0 Å². The van der Waals surface area contributed by atoms with Crippen LogP contribution >= 0.6 is 0 Å². The van der Waals surface area contributed by atoms with Gasteiger partial charge in [-0.2, -0.15) is 13.1 Å². The van der Waals surface area contributed by atoms with Gasteiger partial charge in [-0.1, -0.05) is 6.92 Å². The van der Waals surface area contributed by atoms with E-state index in [-0.39, 0.29) is 6.54 Å². The Morgan fingerprint density at radius 2 is 1.88 bits per heavy atom. The monoisotopic (exact) mass is 254 g/mol. The van der Waals surface area contributed by atoms with Crippen molar-refractivity contribution in [3.05, 3.63) is 0 Å². The van der Waals surface area contributed by atoms with Crippen molar-refractivity contribution in [1.82, 2.24) is 9.44 Å². The van der Waals surface area contributed by atoms with Gasteiger partial charge in [0, 0.05) is 6.54 Å². The number of carboxylic acids is 2. The minimum Gasteiger partial charge on any atom is -0.481 e. The summed E-state index contributed by atoms with van der Waals surface area (Å²) in [5.74, 6) is -2.94. The molecule has 16 heavy (non-hydrogen) atoms. The predicted octanol–water partition coefficient (Wildman–Crippen LogP) is -1.25. The molecule has 0 saturated heterocycles. The lowest BCUT2D eigenvalue weighted by Crippen LogP contribution is -2.47. The van der Waals surface area contributed by atoms with Crippen LogP contribution in [0.3, 0.4) is 0 Å². The lowest BCUT2D eigenvalue weighted by atomic mass is 10.2. The van der Waals surface area contributed by atoms with E-state index in [0.717, 1.165) is 0 Å². The minimum atomic E-state index is -3.98. The first kappa shape index (κ1) is 14.8. The van der Waals surface area contributed by atoms with E-state index in [0.29, 0.717) is 6.42 Å². The Hall–Kier alpha value is -1.19. The summed E-state index contributed by atoms with van der Waals surface area (Å²) in [5, 5.41) is 17.0. The number of hydrogen-bond donors (Lipinski definition) is 4. The standard InChI is InChI=1S/C7H14N2O6S/c1-2-3-8-16(14,15)9-5(7(12)13)4-6(10)11/h5,8-9H,2-4H2,1H3,(H,10,11)(H,12,13). The molecule has 0 aliphatic heterocycles. The summed E-state index contributed by atoms with van der Waals surface area (Å²) in [5.41, 5.74) is 0. The molecule has 0 spiro atoms. The molecule has 0 rings (SSSR count). The molecule has 1 atom stereocenters. The van der Waals surface area contributed by atoms with E-state index < -0.39 is 34.6 Å². The Morgan fingerprint density at radius 3 is 2.25 bits per heavy atom. The van der Waals surface area contributed by atoms with Crippen LogP contribution in [0.5, 0.6) is 0 Å². The van der Waals surface area contributed by atoms with Crippen LogP contribution in [0.15, 0.2) is 0 Å². The molecule has 0 fully saturated rings. The molecule has 9 heteroatoms. The number of rotatable bonds is 8. The van der Waals surface area contributed by atoms with Crippen molar-refractivity contribution in [2.24, 2.45) is 0 Å². The van der Waals surface area contributed by atoms with Gasteiger partial charge in [0.15, 0.2) is 0 Å². The highest BCUT2D eigenvalue weighted by Crippen LogP contribution is 1.95. The number of nitrogens with one attached hydrogen (secondary N) is 2. The van der Waals surface area contributed by atoms with Crippen LogP contribution in [0.4, 0.5) is 0 Å². The normalized spacial score (nSPS) is 13.3. The summed E-state index contributed by atoms with van der Waals surface area (Å²) in [6.45, 7) is 1.88. The lowest BCUT2D eigenvalue weighted by molar-refractivity contribution is -0.145. The highest BCUT2D eigenvalue weighted by atomic mass is 32.2. The van der Waals surface area contributed by atoms with Crippen LogP contribution < -0.4 is 9.44 Å². The quantitative estimate of drug-likeness (QED) is 0.427. The molecular weight excluding hydrogens is 240 g/mol. The van der Waals surface area contributed by atoms with Crippen LogP contribution in [-0.4, -0.2) is 43.2 Å². The first-order chi connectivity index (χ1) is 7.28. The average Bonchev–Trinajstić information content (AvgIpc) is 2.12. The Bertz CT molecular complexity index is 352. The fourth-order valence-electron chi connectivity index (χ4n) is 0.819. The summed E-state index contributed by atoms with van der Waals surface area (Å²) in [4.78, 5) is 20.9. The molecule has 0 aliphatic carbocycles. The van der Waals surface area contributed by atoms with Crippen molar-refractivity contribution in [3.63, 3.8) is 0 Å². The molecule has 0 aromatic heterocycles. The highest BCUT2D eigenvalue weighted by Gasteiger charge is 2.25. The number of carboxylic acid groups (broad SMARTS) is 2. The SMILES string of the molecule is CCCNS(=O)(=O)NC(CC(=O)O)C(=O)O. The van der Waals surface area contributed by atoms with Gasteiger partial charge in [-0.25, -0.2) is 4.72 Å². The maximum atomic E-state index is 11.2. The van der Waals surface area contributed by atoms with E-state index >= 15 is 0 Å². The molecule has 0 saturated carbocycles. The molecule has 0 aromatic carbocycles. The summed E-state index contributed by atoms with van der Waals surface area (Å²) >= 11 is 0. The second-order valence-corrected chi connectivity index (χ2v) is 4.54. The van der Waals surface area contributed by atoms with Gasteiger partial charge in [0.05, 0.1) is 6.42 Å². The van der Waals surface area contributed by atoms with E-state index in [2.05, 4.69) is 4.72 Å². The van der Waals surface area contributed by atoms with Gasteiger partial charge in [-0.05, 0) is 6.42 Å². The van der Waals surface area contributed by atoms with Gasteiger partial charge in [-0.15, -0.1) is 0 Å². The van der Waals surface area contributed by atoms with Crippen molar-refractivity contribution in [3.8, 4) is 0 Å². The van der Waals surface area contributed by atoms with E-state index in [9.17, 15) is 18.0 Å². The second kappa shape index (κ2) is 6.40. The van der Waals surface area contributed by atoms with Gasteiger partial charge in [0.25, 0.3) is 10.2 Å². The fourth-order valence-corrected chi connectivity index (χ4v) is 1.93. The van der Waals surface area contributed by atoms with E-state index in [1.165, 1.54) is 0 Å². The molecule has 0 aliphatic rings. The molecule has 0 amide bonds. The summed E-state index contributed by atoms with van der Waals surface area (Å²) in [6.07, 6.45) is -0.278. The molecule has 0 heterocycles. The Kier molecular flexibility index (Phi) is 5.93. The van der Waals surface area contributed by atoms with Gasteiger partial charge >= 0.3 is 11.9 Å². The molecule has 94 valence electrons. The topological polar surface area (TPSA) is 133 Å². The third-order valence-electron chi connectivity index (χ3n) is 1.52. The smallest absolute Gasteiger partial charge is 0.322 e. The first-order valence-corrected chi connectivity index (χ1v) is 5.98. The Labute approximate surface area is 92.8 Å². The zero-order valence-electron chi connectivity index (χ0n) is 8.63. The maximum absolute atomic E-state index is 11.2. The third kappa shape index (κ3) is 6.32. The van der Waals surface area contributed by atoms with Gasteiger partial charge in [0.1, 0.15) is 6.04 Å². The van der Waals surface area contributed by atoms with Crippen LogP contribution in [0.1, 0.15) is 19.8 Å². The van der Waals surface area contributed by atoms with Crippen LogP contribution in [-0.2, 0) is 19.8 Å². The molecule has 8 nitrogen and oxygen atoms in total. The zero-order chi connectivity index (χ0) is 12.8. The predicted molar refractivity (Wildman–Crippen MR) is 54.0 cm³/mol. The van der Waals surface area contributed by atoms with Gasteiger partial charge < -0.3 is 10.2 Å². The molecule has 1 unspecified atom stereocenters. The third-order valence-corrected chi connectivity index (χ3v) is 2.70. The summed E-state index contributed by atoms with van der Waals surface area (Å²) in [6, 6.07) is -1.67. The minimum absolute atomic E-state index is 0.148. The van der Waals surface area contributed by atoms with Crippen LogP contribution in [0.2, 0.25) is 0 Å². The largest absolute Gasteiger partial charge is 0.481 e. The summed E-state index contributed by atoms with van der Waals surface area (Å²) < 4.78 is 26.2. The highest BCUT2D eigenvalue weighted by molar-refractivity contribution is 7.87. The van der Waals surface area contributed by atoms with Gasteiger partial charge in [-0.3, -0.25) is 9.59 Å². The van der Waals surface area contributed by atoms with Crippen molar-refractivity contribution < 1.29 is 28.2 Å². The van der Waals surface area contributed by atoms with Crippen molar-refractivity contribution in [2.75, 3.05) is 6.54 Å². The molecule has 0 radical (unpaired) electrons. The zero-order valence-corrected chi connectivity index (χ0v) is 9.45. The molecule has 0 bridgehead atoms. The average molecular weight is 254 g/mol.